The molecule has 5 nitrogen and oxygen atoms in total. The van der Waals surface area contributed by atoms with Gasteiger partial charge in [-0.05, 0) is 12.1 Å². The average Bonchev–Trinajstić information content (AvgIpc) is 2.58. The zero-order chi connectivity index (χ0) is 11.5. The summed E-state index contributed by atoms with van der Waals surface area (Å²) in [4.78, 5) is 4.13. The third-order valence-corrected chi connectivity index (χ3v) is 2.75. The Morgan fingerprint density at radius 3 is 3.12 bits per heavy atom. The Kier molecular flexibility index (Phi) is 3.14. The zero-order valence-electron chi connectivity index (χ0n) is 8.68. The van der Waals surface area contributed by atoms with Crippen LogP contribution in [0.5, 0.6) is 0 Å². The lowest BCUT2D eigenvalue weighted by Crippen LogP contribution is -2.10. The van der Waals surface area contributed by atoms with Gasteiger partial charge in [-0.3, -0.25) is 4.21 Å². The first-order valence-electron chi connectivity index (χ1n) is 4.71. The molecule has 2 heterocycles. The quantitative estimate of drug-likeness (QED) is 0.855. The molecule has 0 saturated carbocycles. The van der Waals surface area contributed by atoms with Crippen LogP contribution in [-0.4, -0.2) is 37.4 Å². The summed E-state index contributed by atoms with van der Waals surface area (Å²) >= 11 is 0. The van der Waals surface area contributed by atoms with Crippen molar-refractivity contribution in [2.45, 2.75) is 0 Å². The number of fused-ring (bicyclic) bond motifs is 1. The van der Waals surface area contributed by atoms with Crippen molar-refractivity contribution in [2.24, 2.45) is 0 Å². The fourth-order valence-electron chi connectivity index (χ4n) is 1.24. The summed E-state index contributed by atoms with van der Waals surface area (Å²) < 4.78 is 25.0. The minimum Gasteiger partial charge on any atom is -0.352 e. The molecule has 1 N–H and O–H groups in total. The molecule has 0 aliphatic rings. The summed E-state index contributed by atoms with van der Waals surface area (Å²) in [5, 5.41) is 6.95. The molecule has 1 atom stereocenters. The van der Waals surface area contributed by atoms with E-state index in [-0.39, 0.29) is 5.82 Å². The van der Waals surface area contributed by atoms with E-state index in [9.17, 15) is 8.60 Å². The largest absolute Gasteiger partial charge is 0.352 e. The van der Waals surface area contributed by atoms with E-state index >= 15 is 0 Å². The molecule has 0 aliphatic carbocycles. The van der Waals surface area contributed by atoms with Crippen LogP contribution in [0.15, 0.2) is 18.3 Å². The zero-order valence-corrected chi connectivity index (χ0v) is 9.50. The minimum absolute atomic E-state index is 0.362. The molecule has 16 heavy (non-hydrogen) atoms. The second kappa shape index (κ2) is 4.56. The number of halogens is 1. The third kappa shape index (κ3) is 2.54. The maximum Gasteiger partial charge on any atom is 0.243 e. The molecule has 2 aromatic rings. The summed E-state index contributed by atoms with van der Waals surface area (Å²) in [7, 11) is -0.845. The monoisotopic (exact) mass is 242 g/mol. The van der Waals surface area contributed by atoms with Crippen LogP contribution in [0.3, 0.4) is 0 Å². The Balaban J connectivity index is 2.10. The summed E-state index contributed by atoms with van der Waals surface area (Å²) in [6, 6.07) is 2.88. The van der Waals surface area contributed by atoms with Crippen molar-refractivity contribution in [1.29, 1.82) is 0 Å². The fourth-order valence-corrected chi connectivity index (χ4v) is 1.63. The van der Waals surface area contributed by atoms with Crippen LogP contribution in [0.4, 0.5) is 10.3 Å². The van der Waals surface area contributed by atoms with Crippen LogP contribution in [0.2, 0.25) is 0 Å². The molecule has 0 amide bonds. The average molecular weight is 242 g/mol. The number of hydrogen-bond donors (Lipinski definition) is 1. The van der Waals surface area contributed by atoms with Gasteiger partial charge in [0.25, 0.3) is 0 Å². The number of hydrogen-bond acceptors (Lipinski definition) is 4. The molecule has 2 rings (SSSR count). The Hall–Kier alpha value is -1.50. The SMILES string of the molecule is CS(=O)CCNc1nc2ccc(F)cn2n1. The number of aromatic nitrogens is 3. The maximum absolute atomic E-state index is 12.9. The molecule has 1 unspecified atom stereocenters. The van der Waals surface area contributed by atoms with Gasteiger partial charge in [0.2, 0.25) is 5.95 Å². The Morgan fingerprint density at radius 1 is 1.56 bits per heavy atom. The predicted octanol–water partition coefficient (Wildman–Crippen LogP) is 0.659. The van der Waals surface area contributed by atoms with Gasteiger partial charge in [0.05, 0.1) is 6.20 Å². The van der Waals surface area contributed by atoms with Gasteiger partial charge in [-0.1, -0.05) is 0 Å². The molecule has 0 bridgehead atoms. The Bertz CT molecular complexity index is 527. The van der Waals surface area contributed by atoms with Crippen molar-refractivity contribution < 1.29 is 8.60 Å². The van der Waals surface area contributed by atoms with Gasteiger partial charge >= 0.3 is 0 Å². The number of rotatable bonds is 4. The van der Waals surface area contributed by atoms with E-state index in [0.717, 1.165) is 0 Å². The maximum atomic E-state index is 12.9. The van der Waals surface area contributed by atoms with Crippen LogP contribution in [0, 0.1) is 5.82 Å². The van der Waals surface area contributed by atoms with Gasteiger partial charge < -0.3 is 5.32 Å². The van der Waals surface area contributed by atoms with Gasteiger partial charge in [-0.2, -0.15) is 4.98 Å². The highest BCUT2D eigenvalue weighted by Gasteiger charge is 2.03. The molecular formula is C9H11FN4OS. The van der Waals surface area contributed by atoms with E-state index in [0.29, 0.717) is 23.9 Å². The first-order valence-corrected chi connectivity index (χ1v) is 6.44. The Labute approximate surface area is 94.1 Å². The van der Waals surface area contributed by atoms with E-state index in [1.54, 1.807) is 12.3 Å². The molecule has 7 heteroatoms. The minimum atomic E-state index is -0.845. The second-order valence-corrected chi connectivity index (χ2v) is 4.84. The van der Waals surface area contributed by atoms with Gasteiger partial charge in [0.1, 0.15) is 5.82 Å². The molecule has 2 aromatic heterocycles. The van der Waals surface area contributed by atoms with E-state index < -0.39 is 10.8 Å². The molecule has 0 saturated heterocycles. The van der Waals surface area contributed by atoms with Gasteiger partial charge in [0, 0.05) is 29.4 Å². The Morgan fingerprint density at radius 2 is 2.38 bits per heavy atom. The molecule has 86 valence electrons. The molecule has 0 aromatic carbocycles. The second-order valence-electron chi connectivity index (χ2n) is 3.29. The number of nitrogens with one attached hydrogen (secondary N) is 1. The first kappa shape index (κ1) is 11.0. The standard InChI is InChI=1S/C9H11FN4OS/c1-16(15)5-4-11-9-12-8-3-2-7(10)6-14(8)13-9/h2-3,6H,4-5H2,1H3,(H,11,13). The van der Waals surface area contributed by atoms with Crippen molar-refractivity contribution in [3.8, 4) is 0 Å². The third-order valence-electron chi connectivity index (χ3n) is 1.97. The van der Waals surface area contributed by atoms with Crippen LogP contribution < -0.4 is 5.32 Å². The van der Waals surface area contributed by atoms with Crippen molar-refractivity contribution in [3.63, 3.8) is 0 Å². The fraction of sp³-hybridized carbons (Fsp3) is 0.333. The van der Waals surface area contributed by atoms with E-state index in [1.165, 1.54) is 16.8 Å². The van der Waals surface area contributed by atoms with Crippen LogP contribution >= 0.6 is 0 Å². The predicted molar refractivity (Wildman–Crippen MR) is 60.4 cm³/mol. The lowest BCUT2D eigenvalue weighted by molar-refractivity contribution is 0.615. The van der Waals surface area contributed by atoms with Crippen molar-refractivity contribution in [1.82, 2.24) is 14.6 Å². The highest BCUT2D eigenvalue weighted by atomic mass is 32.2. The normalized spacial score (nSPS) is 12.9. The van der Waals surface area contributed by atoms with Gasteiger partial charge in [-0.25, -0.2) is 8.91 Å². The molecule has 0 aliphatic heterocycles. The van der Waals surface area contributed by atoms with Gasteiger partial charge in [-0.15, -0.1) is 5.10 Å². The lowest BCUT2D eigenvalue weighted by atomic mass is 10.5. The number of anilines is 1. The van der Waals surface area contributed by atoms with E-state index in [2.05, 4.69) is 15.4 Å². The smallest absolute Gasteiger partial charge is 0.243 e. The summed E-state index contributed by atoms with van der Waals surface area (Å²) in [5.41, 5.74) is 0.571. The highest BCUT2D eigenvalue weighted by molar-refractivity contribution is 7.84. The summed E-state index contributed by atoms with van der Waals surface area (Å²) in [6.07, 6.45) is 2.89. The number of pyridine rings is 1. The lowest BCUT2D eigenvalue weighted by Gasteiger charge is -1.97. The summed E-state index contributed by atoms with van der Waals surface area (Å²) in [6.45, 7) is 0.530. The van der Waals surface area contributed by atoms with Crippen molar-refractivity contribution >= 4 is 22.4 Å². The first-order chi connectivity index (χ1) is 7.65. The molecule has 0 radical (unpaired) electrons. The molecular weight excluding hydrogens is 231 g/mol. The van der Waals surface area contributed by atoms with Crippen molar-refractivity contribution in [3.05, 3.63) is 24.1 Å². The number of nitrogens with zero attached hydrogens (tertiary/aromatic N) is 3. The van der Waals surface area contributed by atoms with Crippen LogP contribution in [0.1, 0.15) is 0 Å². The summed E-state index contributed by atoms with van der Waals surface area (Å²) in [5.74, 6) is 0.582. The molecule has 0 fully saturated rings. The van der Waals surface area contributed by atoms with Crippen molar-refractivity contribution in [2.75, 3.05) is 23.9 Å². The topological polar surface area (TPSA) is 59.3 Å². The molecule has 0 spiro atoms. The highest BCUT2D eigenvalue weighted by Crippen LogP contribution is 2.06. The van der Waals surface area contributed by atoms with E-state index in [4.69, 9.17) is 0 Å². The van der Waals surface area contributed by atoms with Gasteiger partial charge in [0.15, 0.2) is 5.65 Å². The van der Waals surface area contributed by atoms with Crippen LogP contribution in [0.25, 0.3) is 5.65 Å². The van der Waals surface area contributed by atoms with E-state index in [1.807, 2.05) is 0 Å². The van der Waals surface area contributed by atoms with Crippen LogP contribution in [-0.2, 0) is 10.8 Å².